The summed E-state index contributed by atoms with van der Waals surface area (Å²) >= 11 is 0. The van der Waals surface area contributed by atoms with Gasteiger partial charge in [0.25, 0.3) is 0 Å². The summed E-state index contributed by atoms with van der Waals surface area (Å²) in [5.41, 5.74) is 2.19. The van der Waals surface area contributed by atoms with Crippen molar-refractivity contribution < 1.29 is 4.74 Å². The van der Waals surface area contributed by atoms with Gasteiger partial charge in [-0.3, -0.25) is 0 Å². The van der Waals surface area contributed by atoms with Gasteiger partial charge in [0, 0.05) is 13.1 Å². The molecule has 0 aliphatic carbocycles. The maximum atomic E-state index is 5.65. The summed E-state index contributed by atoms with van der Waals surface area (Å²) < 4.78 is 5.65. The van der Waals surface area contributed by atoms with Crippen molar-refractivity contribution in [2.75, 3.05) is 0 Å². The highest BCUT2D eigenvalue weighted by Crippen LogP contribution is 2.23. The number of rotatable bonds is 2. The minimum atomic E-state index is 0.161. The molecular weight excluding hydrogens is 178 g/mol. The number of fused-ring (bicyclic) bond motifs is 1. The monoisotopic (exact) mass is 193 g/mol. The zero-order chi connectivity index (χ0) is 10.1. The van der Waals surface area contributed by atoms with E-state index < -0.39 is 0 Å². The molecule has 2 heterocycles. The van der Waals surface area contributed by atoms with Crippen molar-refractivity contribution in [2.45, 2.75) is 40.0 Å². The number of hydrogen-bond donors (Lipinski definition) is 1. The zero-order valence-electron chi connectivity index (χ0n) is 8.79. The first kappa shape index (κ1) is 9.40. The zero-order valence-corrected chi connectivity index (χ0v) is 8.79. The van der Waals surface area contributed by atoms with Crippen molar-refractivity contribution >= 4 is 0 Å². The predicted molar refractivity (Wildman–Crippen MR) is 53.1 cm³/mol. The number of nitrogens with zero attached hydrogens (tertiary/aromatic N) is 2. The summed E-state index contributed by atoms with van der Waals surface area (Å²) in [7, 11) is 0. The van der Waals surface area contributed by atoms with E-state index in [1.54, 1.807) is 0 Å². The normalized spacial score (nSPS) is 14.6. The Bertz CT molecular complexity index is 349. The standard InChI is InChI=1S/C10H15N3O/c1-6(2)14-10-8-4-11-5-9(8)12-7(3)13-10/h6,11H,4-5H2,1-3H3. The number of nitrogens with one attached hydrogen (secondary N) is 1. The molecule has 0 radical (unpaired) electrons. The van der Waals surface area contributed by atoms with Crippen LogP contribution in [-0.2, 0) is 13.1 Å². The topological polar surface area (TPSA) is 47.0 Å². The third kappa shape index (κ3) is 1.70. The fourth-order valence-corrected chi connectivity index (χ4v) is 1.58. The second-order valence-corrected chi connectivity index (χ2v) is 3.77. The van der Waals surface area contributed by atoms with Crippen LogP contribution in [0.25, 0.3) is 0 Å². The molecule has 1 aromatic rings. The van der Waals surface area contributed by atoms with Gasteiger partial charge in [-0.15, -0.1) is 0 Å². The smallest absolute Gasteiger partial charge is 0.221 e. The van der Waals surface area contributed by atoms with Crippen LogP contribution in [0.3, 0.4) is 0 Å². The molecule has 1 aliphatic rings. The van der Waals surface area contributed by atoms with Gasteiger partial charge in [-0.05, 0) is 20.8 Å². The van der Waals surface area contributed by atoms with Gasteiger partial charge >= 0.3 is 0 Å². The minimum absolute atomic E-state index is 0.161. The number of ether oxygens (including phenoxy) is 1. The molecule has 0 spiro atoms. The summed E-state index contributed by atoms with van der Waals surface area (Å²) in [5.74, 6) is 1.52. The Morgan fingerprint density at radius 1 is 1.29 bits per heavy atom. The SMILES string of the molecule is Cc1nc2c(c(OC(C)C)n1)CNC2. The van der Waals surface area contributed by atoms with E-state index in [2.05, 4.69) is 15.3 Å². The Morgan fingerprint density at radius 2 is 2.07 bits per heavy atom. The Balaban J connectivity index is 2.38. The fraction of sp³-hybridized carbons (Fsp3) is 0.600. The third-order valence-electron chi connectivity index (χ3n) is 2.11. The summed E-state index contributed by atoms with van der Waals surface area (Å²) in [4.78, 5) is 8.68. The summed E-state index contributed by atoms with van der Waals surface area (Å²) in [6.45, 7) is 7.55. The molecule has 14 heavy (non-hydrogen) atoms. The van der Waals surface area contributed by atoms with Gasteiger partial charge in [-0.25, -0.2) is 4.98 Å². The largest absolute Gasteiger partial charge is 0.475 e. The molecule has 0 unspecified atom stereocenters. The van der Waals surface area contributed by atoms with E-state index in [1.807, 2.05) is 20.8 Å². The van der Waals surface area contributed by atoms with Gasteiger partial charge in [-0.1, -0.05) is 0 Å². The summed E-state index contributed by atoms with van der Waals surface area (Å²) in [6.07, 6.45) is 0.161. The second-order valence-electron chi connectivity index (χ2n) is 3.77. The lowest BCUT2D eigenvalue weighted by molar-refractivity contribution is 0.229. The van der Waals surface area contributed by atoms with Crippen LogP contribution in [0.15, 0.2) is 0 Å². The molecule has 1 N–H and O–H groups in total. The third-order valence-corrected chi connectivity index (χ3v) is 2.11. The van der Waals surface area contributed by atoms with Crippen molar-refractivity contribution in [3.63, 3.8) is 0 Å². The lowest BCUT2D eigenvalue weighted by Crippen LogP contribution is -2.10. The average Bonchev–Trinajstić information content (AvgIpc) is 2.50. The van der Waals surface area contributed by atoms with E-state index in [0.29, 0.717) is 0 Å². The Kier molecular flexibility index (Phi) is 2.37. The highest BCUT2D eigenvalue weighted by Gasteiger charge is 2.19. The number of hydrogen-bond acceptors (Lipinski definition) is 4. The Morgan fingerprint density at radius 3 is 2.79 bits per heavy atom. The van der Waals surface area contributed by atoms with Crippen LogP contribution in [-0.4, -0.2) is 16.1 Å². The highest BCUT2D eigenvalue weighted by atomic mass is 16.5. The first-order valence-electron chi connectivity index (χ1n) is 4.90. The van der Waals surface area contributed by atoms with Crippen LogP contribution in [0.1, 0.15) is 30.9 Å². The Hall–Kier alpha value is -1.16. The van der Waals surface area contributed by atoms with Gasteiger partial charge in [0.2, 0.25) is 5.88 Å². The minimum Gasteiger partial charge on any atom is -0.475 e. The van der Waals surface area contributed by atoms with E-state index in [0.717, 1.165) is 36.1 Å². The Labute approximate surface area is 83.7 Å². The number of aryl methyl sites for hydroxylation is 1. The second kappa shape index (κ2) is 3.53. The van der Waals surface area contributed by atoms with Crippen molar-refractivity contribution in [2.24, 2.45) is 0 Å². The maximum absolute atomic E-state index is 5.65. The van der Waals surface area contributed by atoms with Gasteiger partial charge in [0.15, 0.2) is 0 Å². The van der Waals surface area contributed by atoms with Crippen LogP contribution in [0.5, 0.6) is 5.88 Å². The molecule has 4 heteroatoms. The molecule has 0 saturated carbocycles. The van der Waals surface area contributed by atoms with Gasteiger partial charge < -0.3 is 10.1 Å². The van der Waals surface area contributed by atoms with Gasteiger partial charge in [-0.2, -0.15) is 4.98 Å². The van der Waals surface area contributed by atoms with Crippen LogP contribution in [0.2, 0.25) is 0 Å². The van der Waals surface area contributed by atoms with Crippen molar-refractivity contribution in [3.05, 3.63) is 17.1 Å². The first-order valence-corrected chi connectivity index (χ1v) is 4.90. The molecule has 1 aromatic heterocycles. The van der Waals surface area contributed by atoms with E-state index >= 15 is 0 Å². The molecule has 1 aliphatic heterocycles. The lowest BCUT2D eigenvalue weighted by atomic mass is 10.2. The van der Waals surface area contributed by atoms with Gasteiger partial charge in [0.1, 0.15) is 5.82 Å². The fourth-order valence-electron chi connectivity index (χ4n) is 1.58. The highest BCUT2D eigenvalue weighted by molar-refractivity contribution is 5.33. The van der Waals surface area contributed by atoms with Crippen molar-refractivity contribution in [1.29, 1.82) is 0 Å². The summed E-state index contributed by atoms with van der Waals surface area (Å²) in [5, 5.41) is 3.25. The van der Waals surface area contributed by atoms with Crippen molar-refractivity contribution in [3.8, 4) is 5.88 Å². The average molecular weight is 193 g/mol. The molecule has 0 amide bonds. The molecule has 0 aromatic carbocycles. The molecule has 0 atom stereocenters. The van der Waals surface area contributed by atoms with E-state index in [4.69, 9.17) is 4.74 Å². The van der Waals surface area contributed by atoms with Gasteiger partial charge in [0.05, 0.1) is 17.4 Å². The molecule has 0 bridgehead atoms. The summed E-state index contributed by atoms with van der Waals surface area (Å²) in [6, 6.07) is 0. The molecule has 0 saturated heterocycles. The molecule has 4 nitrogen and oxygen atoms in total. The van der Waals surface area contributed by atoms with Crippen LogP contribution in [0, 0.1) is 6.92 Å². The van der Waals surface area contributed by atoms with E-state index in [-0.39, 0.29) is 6.10 Å². The lowest BCUT2D eigenvalue weighted by Gasteiger charge is -2.12. The number of aromatic nitrogens is 2. The van der Waals surface area contributed by atoms with Crippen LogP contribution < -0.4 is 10.1 Å². The van der Waals surface area contributed by atoms with Crippen molar-refractivity contribution in [1.82, 2.24) is 15.3 Å². The maximum Gasteiger partial charge on any atom is 0.221 e. The predicted octanol–water partition coefficient (Wildman–Crippen LogP) is 1.18. The first-order chi connectivity index (χ1) is 6.66. The molecular formula is C10H15N3O. The van der Waals surface area contributed by atoms with E-state index in [1.165, 1.54) is 0 Å². The van der Waals surface area contributed by atoms with Crippen LogP contribution >= 0.6 is 0 Å². The molecule has 0 fully saturated rings. The van der Waals surface area contributed by atoms with Crippen LogP contribution in [0.4, 0.5) is 0 Å². The molecule has 76 valence electrons. The quantitative estimate of drug-likeness (QED) is 0.766. The molecule has 2 rings (SSSR count). The van der Waals surface area contributed by atoms with E-state index in [9.17, 15) is 0 Å².